The van der Waals surface area contributed by atoms with E-state index in [0.29, 0.717) is 11.6 Å². The molecular weight excluding hydrogens is 497 g/mol. The summed E-state index contributed by atoms with van der Waals surface area (Å²) in [6.07, 6.45) is -4.98. The molecule has 1 heterocycles. The van der Waals surface area contributed by atoms with Gasteiger partial charge in [0.2, 0.25) is 5.91 Å². The summed E-state index contributed by atoms with van der Waals surface area (Å²) in [6, 6.07) is 17.6. The molecule has 4 rings (SSSR count). The number of amides is 1. The Morgan fingerprint density at radius 3 is 2.35 bits per heavy atom. The van der Waals surface area contributed by atoms with Gasteiger partial charge in [-0.1, -0.05) is 41.9 Å². The first-order valence-corrected chi connectivity index (χ1v) is 11.6. The highest BCUT2D eigenvalue weighted by Crippen LogP contribution is 2.33. The number of halogens is 4. The van der Waals surface area contributed by atoms with Gasteiger partial charge in [-0.25, -0.2) is 17.9 Å². The lowest BCUT2D eigenvalue weighted by Gasteiger charge is -2.12. The molecule has 0 spiro atoms. The number of aliphatic carboxylic acids is 1. The van der Waals surface area contributed by atoms with E-state index in [2.05, 4.69) is 10.0 Å². The fraction of sp³-hybridized carbons (Fsp3) is 0.182. The zero-order valence-corrected chi connectivity index (χ0v) is 18.8. The summed E-state index contributed by atoms with van der Waals surface area (Å²) in [4.78, 5) is 21.3. The van der Waals surface area contributed by atoms with Crippen molar-refractivity contribution in [3.63, 3.8) is 0 Å². The summed E-state index contributed by atoms with van der Waals surface area (Å²) < 4.78 is 59.1. The minimum absolute atomic E-state index is 0.0462. The van der Waals surface area contributed by atoms with Crippen molar-refractivity contribution in [2.45, 2.75) is 23.4 Å². The van der Waals surface area contributed by atoms with E-state index in [9.17, 15) is 26.4 Å². The van der Waals surface area contributed by atoms with Crippen LogP contribution >= 0.6 is 11.6 Å². The molecule has 0 aliphatic carbocycles. The number of hydrogen-bond acceptors (Lipinski definition) is 5. The van der Waals surface area contributed by atoms with Crippen molar-refractivity contribution in [1.82, 2.24) is 4.72 Å². The van der Waals surface area contributed by atoms with E-state index in [1.807, 2.05) is 24.3 Å². The number of carboxylic acids is 1. The van der Waals surface area contributed by atoms with Crippen molar-refractivity contribution < 1.29 is 36.3 Å². The molecule has 34 heavy (non-hydrogen) atoms. The molecule has 0 saturated heterocycles. The Morgan fingerprint density at radius 1 is 1.06 bits per heavy atom. The second kappa shape index (κ2) is 9.90. The summed E-state index contributed by atoms with van der Waals surface area (Å²) >= 11 is 5.95. The van der Waals surface area contributed by atoms with Gasteiger partial charge >= 0.3 is 12.1 Å². The van der Waals surface area contributed by atoms with Gasteiger partial charge in [0.05, 0.1) is 4.90 Å². The van der Waals surface area contributed by atoms with E-state index < -0.39 is 28.1 Å². The third-order valence-corrected chi connectivity index (χ3v) is 6.55. The van der Waals surface area contributed by atoms with Gasteiger partial charge in [0.1, 0.15) is 0 Å². The standard InChI is InChI=1S/C20H17ClN2O3S.C2HF3O2/c21-16-7-5-14-10-17(8-6-13(14)9-16)27(25,26)23-20(24)11-15-12-22-19-4-2-1-3-18(15)19;3-2(4,5)1(6)7/h1-10,15,22H,11-12H2,(H,23,24);(H,6,7). The van der Waals surface area contributed by atoms with Crippen LogP contribution in [0.15, 0.2) is 65.6 Å². The normalized spacial score (nSPS) is 15.0. The number of carbonyl (C=O) groups excluding carboxylic acids is 1. The average Bonchev–Trinajstić information content (AvgIpc) is 3.15. The maximum absolute atomic E-state index is 12.6. The minimum atomic E-state index is -5.08. The molecule has 3 aromatic rings. The smallest absolute Gasteiger partial charge is 0.475 e. The van der Waals surface area contributed by atoms with Gasteiger partial charge in [-0.3, -0.25) is 4.79 Å². The number of fused-ring (bicyclic) bond motifs is 2. The average molecular weight is 515 g/mol. The van der Waals surface area contributed by atoms with Crippen LogP contribution in [0.3, 0.4) is 0 Å². The monoisotopic (exact) mass is 514 g/mol. The lowest BCUT2D eigenvalue weighted by molar-refractivity contribution is -0.192. The van der Waals surface area contributed by atoms with Crippen molar-refractivity contribution in [3.8, 4) is 0 Å². The second-order valence-electron chi connectivity index (χ2n) is 7.35. The van der Waals surface area contributed by atoms with Crippen molar-refractivity contribution in [2.75, 3.05) is 11.9 Å². The molecule has 7 nitrogen and oxygen atoms in total. The molecule has 180 valence electrons. The van der Waals surface area contributed by atoms with Gasteiger partial charge in [0.25, 0.3) is 10.0 Å². The molecule has 1 aliphatic rings. The molecule has 12 heteroatoms. The van der Waals surface area contributed by atoms with Crippen LogP contribution in [0, 0.1) is 0 Å². The summed E-state index contributed by atoms with van der Waals surface area (Å²) in [5.41, 5.74) is 2.03. The Balaban J connectivity index is 0.000000406. The Hall–Kier alpha value is -3.31. The zero-order valence-electron chi connectivity index (χ0n) is 17.3. The molecule has 1 atom stereocenters. The van der Waals surface area contributed by atoms with Gasteiger partial charge in [0.15, 0.2) is 0 Å². The van der Waals surface area contributed by atoms with Gasteiger partial charge in [0, 0.05) is 29.6 Å². The van der Waals surface area contributed by atoms with Crippen LogP contribution in [0.1, 0.15) is 17.9 Å². The van der Waals surface area contributed by atoms with Crippen LogP contribution in [0.25, 0.3) is 10.8 Å². The van der Waals surface area contributed by atoms with Crippen LogP contribution in [-0.2, 0) is 19.6 Å². The number of anilines is 1. The molecule has 1 aliphatic heterocycles. The Morgan fingerprint density at radius 2 is 1.68 bits per heavy atom. The number of alkyl halides is 3. The number of benzene rings is 3. The van der Waals surface area contributed by atoms with Crippen molar-refractivity contribution in [2.24, 2.45) is 0 Å². The number of hydrogen-bond donors (Lipinski definition) is 3. The highest BCUT2D eigenvalue weighted by atomic mass is 35.5. The number of nitrogens with one attached hydrogen (secondary N) is 2. The fourth-order valence-electron chi connectivity index (χ4n) is 3.38. The van der Waals surface area contributed by atoms with Gasteiger partial charge in [-0.2, -0.15) is 13.2 Å². The van der Waals surface area contributed by atoms with Crippen LogP contribution in [0.4, 0.5) is 18.9 Å². The molecule has 3 N–H and O–H groups in total. The minimum Gasteiger partial charge on any atom is -0.475 e. The van der Waals surface area contributed by atoms with E-state index in [1.54, 1.807) is 24.3 Å². The molecule has 0 radical (unpaired) electrons. The first-order valence-electron chi connectivity index (χ1n) is 9.75. The van der Waals surface area contributed by atoms with Crippen molar-refractivity contribution in [3.05, 3.63) is 71.2 Å². The summed E-state index contributed by atoms with van der Waals surface area (Å²) in [5.74, 6) is -3.32. The van der Waals surface area contributed by atoms with E-state index in [0.717, 1.165) is 22.0 Å². The molecular formula is C22H18ClF3N2O5S. The largest absolute Gasteiger partial charge is 0.490 e. The molecule has 0 fully saturated rings. The number of rotatable bonds is 4. The third kappa shape index (κ3) is 6.17. The lowest BCUT2D eigenvalue weighted by atomic mass is 9.98. The maximum Gasteiger partial charge on any atom is 0.490 e. The maximum atomic E-state index is 12.6. The Kier molecular flexibility index (Phi) is 7.37. The van der Waals surface area contributed by atoms with E-state index in [-0.39, 0.29) is 17.2 Å². The molecule has 0 aromatic heterocycles. The van der Waals surface area contributed by atoms with E-state index >= 15 is 0 Å². The first kappa shape index (κ1) is 25.3. The molecule has 0 saturated carbocycles. The summed E-state index contributed by atoms with van der Waals surface area (Å²) in [7, 11) is -3.93. The SMILES string of the molecule is O=C(CC1CNc2ccccc21)NS(=O)(=O)c1ccc2cc(Cl)ccc2c1.O=C(O)C(F)(F)F. The molecule has 0 bridgehead atoms. The van der Waals surface area contributed by atoms with Crippen LogP contribution in [-0.4, -0.2) is 38.1 Å². The zero-order chi connectivity index (χ0) is 25.1. The van der Waals surface area contributed by atoms with Crippen LogP contribution < -0.4 is 10.0 Å². The quantitative estimate of drug-likeness (QED) is 0.471. The first-order chi connectivity index (χ1) is 15.9. The predicted octanol–water partition coefficient (Wildman–Crippen LogP) is 4.53. The molecule has 1 unspecified atom stereocenters. The van der Waals surface area contributed by atoms with Gasteiger partial charge in [-0.15, -0.1) is 0 Å². The topological polar surface area (TPSA) is 113 Å². The number of sulfonamides is 1. The summed E-state index contributed by atoms with van der Waals surface area (Å²) in [5, 5.41) is 12.5. The van der Waals surface area contributed by atoms with E-state index in [4.69, 9.17) is 21.5 Å². The van der Waals surface area contributed by atoms with E-state index in [1.165, 1.54) is 12.1 Å². The van der Waals surface area contributed by atoms with Gasteiger partial charge in [-0.05, 0) is 46.7 Å². The third-order valence-electron chi connectivity index (χ3n) is 4.95. The number of carbonyl (C=O) groups is 2. The summed E-state index contributed by atoms with van der Waals surface area (Å²) in [6.45, 7) is 0.615. The molecule has 3 aromatic carbocycles. The van der Waals surface area contributed by atoms with Crippen LogP contribution in [0.2, 0.25) is 5.02 Å². The Bertz CT molecular complexity index is 1350. The second-order valence-corrected chi connectivity index (χ2v) is 9.47. The number of para-hydroxylation sites is 1. The van der Waals surface area contributed by atoms with Crippen molar-refractivity contribution >= 4 is 50.0 Å². The van der Waals surface area contributed by atoms with Gasteiger partial charge < -0.3 is 10.4 Å². The van der Waals surface area contributed by atoms with Crippen LogP contribution in [0.5, 0.6) is 0 Å². The highest BCUT2D eigenvalue weighted by molar-refractivity contribution is 7.90. The number of carboxylic acid groups (broad SMARTS) is 1. The predicted molar refractivity (Wildman–Crippen MR) is 120 cm³/mol. The lowest BCUT2D eigenvalue weighted by Crippen LogP contribution is -2.31. The molecule has 1 amide bonds. The highest BCUT2D eigenvalue weighted by Gasteiger charge is 2.38. The fourth-order valence-corrected chi connectivity index (χ4v) is 4.59. The van der Waals surface area contributed by atoms with Crippen molar-refractivity contribution in [1.29, 1.82) is 0 Å². The Labute approximate surface area is 197 Å².